The molecule has 0 bridgehead atoms. The number of rotatable bonds is 7. The van der Waals surface area contributed by atoms with Crippen molar-refractivity contribution in [1.29, 1.82) is 0 Å². The summed E-state index contributed by atoms with van der Waals surface area (Å²) in [4.78, 5) is 15.0. The van der Waals surface area contributed by atoms with Gasteiger partial charge in [-0.25, -0.2) is 0 Å². The van der Waals surface area contributed by atoms with Gasteiger partial charge >= 0.3 is 0 Å². The van der Waals surface area contributed by atoms with Crippen LogP contribution in [0.2, 0.25) is 5.02 Å². The summed E-state index contributed by atoms with van der Waals surface area (Å²) in [6.07, 6.45) is -0.184. The largest absolute Gasteiger partial charge is 0.493 e. The zero-order valence-electron chi connectivity index (χ0n) is 16.5. The van der Waals surface area contributed by atoms with Crippen molar-refractivity contribution in [3.8, 4) is 11.5 Å². The molecule has 1 amide bonds. The van der Waals surface area contributed by atoms with Crippen LogP contribution in [-0.2, 0) is 17.9 Å². The fourth-order valence-electron chi connectivity index (χ4n) is 3.42. The number of amides is 1. The number of carbonyl (C=O) groups excluding carboxylic acids is 1. The number of hydrogen-bond acceptors (Lipinski definition) is 4. The van der Waals surface area contributed by atoms with Crippen LogP contribution < -0.4 is 20.1 Å². The maximum atomic E-state index is 13.2. The Morgan fingerprint density at radius 2 is 1.73 bits per heavy atom. The minimum Gasteiger partial charge on any atom is -0.493 e. The number of hydrogen-bond donors (Lipinski definition) is 1. The van der Waals surface area contributed by atoms with Gasteiger partial charge in [-0.2, -0.15) is 0 Å². The van der Waals surface area contributed by atoms with Crippen molar-refractivity contribution in [2.75, 3.05) is 11.5 Å². The SMILES string of the molecule is NCc1ccc(OCCC2Oc3ccccc3N(Cc3ccccc3Cl)C2=O)cc1. The third-order valence-electron chi connectivity index (χ3n) is 5.06. The summed E-state index contributed by atoms with van der Waals surface area (Å²) in [5.74, 6) is 1.32. The Bertz CT molecular complexity index is 1020. The van der Waals surface area contributed by atoms with Crippen LogP contribution in [0.1, 0.15) is 17.5 Å². The third-order valence-corrected chi connectivity index (χ3v) is 5.43. The molecule has 1 unspecified atom stereocenters. The Morgan fingerprint density at radius 1 is 1.00 bits per heavy atom. The van der Waals surface area contributed by atoms with Gasteiger partial charge in [0.1, 0.15) is 11.5 Å². The fourth-order valence-corrected chi connectivity index (χ4v) is 3.62. The van der Waals surface area contributed by atoms with Crippen molar-refractivity contribution in [2.45, 2.75) is 25.6 Å². The Morgan fingerprint density at radius 3 is 2.50 bits per heavy atom. The van der Waals surface area contributed by atoms with Gasteiger partial charge in [-0.15, -0.1) is 0 Å². The zero-order valence-corrected chi connectivity index (χ0v) is 17.2. The molecule has 3 aromatic carbocycles. The van der Waals surface area contributed by atoms with E-state index < -0.39 is 6.10 Å². The zero-order chi connectivity index (χ0) is 20.9. The molecule has 154 valence electrons. The van der Waals surface area contributed by atoms with E-state index in [9.17, 15) is 4.79 Å². The van der Waals surface area contributed by atoms with E-state index in [2.05, 4.69) is 0 Å². The molecule has 0 saturated heterocycles. The Labute approximate surface area is 181 Å². The average Bonchev–Trinajstić information content (AvgIpc) is 2.78. The number of anilines is 1. The monoisotopic (exact) mass is 422 g/mol. The van der Waals surface area contributed by atoms with E-state index >= 15 is 0 Å². The smallest absolute Gasteiger partial charge is 0.268 e. The van der Waals surface area contributed by atoms with Gasteiger partial charge in [0.2, 0.25) is 0 Å². The van der Waals surface area contributed by atoms with E-state index in [0.717, 1.165) is 22.6 Å². The fraction of sp³-hybridized carbons (Fsp3) is 0.208. The molecule has 0 fully saturated rings. The highest BCUT2D eigenvalue weighted by Crippen LogP contribution is 2.36. The number of benzene rings is 3. The second-order valence-electron chi connectivity index (χ2n) is 7.08. The topological polar surface area (TPSA) is 64.8 Å². The molecule has 1 aliphatic rings. The van der Waals surface area contributed by atoms with Crippen LogP contribution in [0.4, 0.5) is 5.69 Å². The van der Waals surface area contributed by atoms with Crippen molar-refractivity contribution >= 4 is 23.2 Å². The average molecular weight is 423 g/mol. The van der Waals surface area contributed by atoms with Crippen molar-refractivity contribution in [3.63, 3.8) is 0 Å². The van der Waals surface area contributed by atoms with Crippen LogP contribution >= 0.6 is 11.6 Å². The van der Waals surface area contributed by atoms with Gasteiger partial charge in [0.15, 0.2) is 6.10 Å². The van der Waals surface area contributed by atoms with Crippen LogP contribution in [0, 0.1) is 0 Å². The van der Waals surface area contributed by atoms with Crippen LogP contribution in [0.15, 0.2) is 72.8 Å². The number of ether oxygens (including phenoxy) is 2. The molecule has 4 rings (SSSR count). The lowest BCUT2D eigenvalue weighted by atomic mass is 10.1. The maximum Gasteiger partial charge on any atom is 0.268 e. The number of para-hydroxylation sites is 2. The first kappa shape index (κ1) is 20.3. The highest BCUT2D eigenvalue weighted by Gasteiger charge is 2.34. The molecule has 30 heavy (non-hydrogen) atoms. The van der Waals surface area contributed by atoms with Crippen LogP contribution in [0.5, 0.6) is 11.5 Å². The molecule has 5 nitrogen and oxygen atoms in total. The second-order valence-corrected chi connectivity index (χ2v) is 7.48. The predicted octanol–water partition coefficient (Wildman–Crippen LogP) is 4.56. The number of carbonyl (C=O) groups is 1. The van der Waals surface area contributed by atoms with E-state index in [1.54, 1.807) is 4.90 Å². The summed E-state index contributed by atoms with van der Waals surface area (Å²) in [5.41, 5.74) is 8.30. The lowest BCUT2D eigenvalue weighted by Crippen LogP contribution is -2.46. The lowest BCUT2D eigenvalue weighted by molar-refractivity contribution is -0.127. The maximum absolute atomic E-state index is 13.2. The summed E-state index contributed by atoms with van der Waals surface area (Å²) in [5, 5.41) is 0.634. The molecule has 0 aromatic heterocycles. The third kappa shape index (κ3) is 4.42. The van der Waals surface area contributed by atoms with E-state index in [4.69, 9.17) is 26.8 Å². The van der Waals surface area contributed by atoms with Gasteiger partial charge in [-0.05, 0) is 41.5 Å². The Hall–Kier alpha value is -3.02. The molecule has 6 heteroatoms. The predicted molar refractivity (Wildman–Crippen MR) is 118 cm³/mol. The quantitative estimate of drug-likeness (QED) is 0.606. The molecule has 1 atom stereocenters. The molecular weight excluding hydrogens is 400 g/mol. The summed E-state index contributed by atoms with van der Waals surface area (Å²) in [6.45, 7) is 1.24. The minimum absolute atomic E-state index is 0.101. The molecule has 0 aliphatic carbocycles. The number of halogens is 1. The molecule has 1 heterocycles. The van der Waals surface area contributed by atoms with Crippen LogP contribution in [0.25, 0.3) is 0 Å². The standard InChI is InChI=1S/C24H23ClN2O3/c25-20-6-2-1-5-18(20)16-27-21-7-3-4-8-22(21)30-23(24(27)28)13-14-29-19-11-9-17(15-26)10-12-19/h1-12,23H,13-16,26H2. The van der Waals surface area contributed by atoms with E-state index in [1.807, 2.05) is 72.8 Å². The summed E-state index contributed by atoms with van der Waals surface area (Å²) in [7, 11) is 0. The summed E-state index contributed by atoms with van der Waals surface area (Å²) >= 11 is 6.33. The molecule has 0 spiro atoms. The van der Waals surface area contributed by atoms with Crippen molar-refractivity contribution in [2.24, 2.45) is 5.73 Å². The number of nitrogens with zero attached hydrogens (tertiary/aromatic N) is 1. The molecule has 1 aliphatic heterocycles. The lowest BCUT2D eigenvalue weighted by Gasteiger charge is -2.34. The normalized spacial score (nSPS) is 15.5. The molecule has 0 saturated carbocycles. The summed E-state index contributed by atoms with van der Waals surface area (Å²) in [6, 6.07) is 22.7. The first-order chi connectivity index (χ1) is 14.7. The van der Waals surface area contributed by atoms with Gasteiger partial charge in [-0.3, -0.25) is 4.79 Å². The molecule has 0 radical (unpaired) electrons. The molecular formula is C24H23ClN2O3. The van der Waals surface area contributed by atoms with Gasteiger partial charge in [-0.1, -0.05) is 54.1 Å². The van der Waals surface area contributed by atoms with Gasteiger partial charge in [0.25, 0.3) is 5.91 Å². The first-order valence-electron chi connectivity index (χ1n) is 9.88. The van der Waals surface area contributed by atoms with Gasteiger partial charge in [0, 0.05) is 18.0 Å². The molecule has 3 aromatic rings. The van der Waals surface area contributed by atoms with Crippen LogP contribution in [0.3, 0.4) is 0 Å². The Kier molecular flexibility index (Phi) is 6.21. The highest BCUT2D eigenvalue weighted by molar-refractivity contribution is 6.31. The minimum atomic E-state index is -0.620. The van der Waals surface area contributed by atoms with Gasteiger partial charge < -0.3 is 20.1 Å². The summed E-state index contributed by atoms with van der Waals surface area (Å²) < 4.78 is 11.8. The number of fused-ring (bicyclic) bond motifs is 1. The second kappa shape index (κ2) is 9.20. The van der Waals surface area contributed by atoms with Gasteiger partial charge in [0.05, 0.1) is 18.8 Å². The van der Waals surface area contributed by atoms with Crippen molar-refractivity contribution in [3.05, 3.63) is 88.9 Å². The van der Waals surface area contributed by atoms with Crippen LogP contribution in [-0.4, -0.2) is 18.6 Å². The van der Waals surface area contributed by atoms with E-state index in [-0.39, 0.29) is 5.91 Å². The van der Waals surface area contributed by atoms with E-state index in [0.29, 0.717) is 36.9 Å². The number of nitrogens with two attached hydrogens (primary N) is 1. The Balaban J connectivity index is 1.47. The molecule has 2 N–H and O–H groups in total. The van der Waals surface area contributed by atoms with Crippen molar-refractivity contribution < 1.29 is 14.3 Å². The van der Waals surface area contributed by atoms with Crippen molar-refractivity contribution in [1.82, 2.24) is 0 Å². The first-order valence-corrected chi connectivity index (χ1v) is 10.3. The van der Waals surface area contributed by atoms with E-state index in [1.165, 1.54) is 0 Å². The highest BCUT2D eigenvalue weighted by atomic mass is 35.5.